The van der Waals surface area contributed by atoms with Gasteiger partial charge >= 0.3 is 0 Å². The second kappa shape index (κ2) is 5.47. The van der Waals surface area contributed by atoms with Crippen molar-refractivity contribution in [1.29, 1.82) is 0 Å². The van der Waals surface area contributed by atoms with E-state index in [0.29, 0.717) is 33.4 Å². The number of fused-ring (bicyclic) bond motifs is 3. The molecule has 0 bridgehead atoms. The Hall–Kier alpha value is -3.10. The van der Waals surface area contributed by atoms with E-state index in [0.717, 1.165) is 0 Å². The van der Waals surface area contributed by atoms with E-state index in [-0.39, 0.29) is 11.6 Å². The predicted molar refractivity (Wildman–Crippen MR) is 93.0 cm³/mol. The Bertz CT molecular complexity index is 954. The maximum Gasteiger partial charge on any atom is 0.283 e. The van der Waals surface area contributed by atoms with Crippen LogP contribution in [-0.4, -0.2) is 15.0 Å². The van der Waals surface area contributed by atoms with Crippen LogP contribution < -0.4 is 15.6 Å². The van der Waals surface area contributed by atoms with Crippen LogP contribution in [0, 0.1) is 10.1 Å². The molecular formula is C16H12ClN5O3. The van der Waals surface area contributed by atoms with E-state index >= 15 is 0 Å². The molecule has 0 fully saturated rings. The van der Waals surface area contributed by atoms with E-state index in [1.807, 2.05) is 0 Å². The van der Waals surface area contributed by atoms with Gasteiger partial charge in [0.1, 0.15) is 10.9 Å². The quantitative estimate of drug-likeness (QED) is 0.484. The Morgan fingerprint density at radius 1 is 1.24 bits per heavy atom. The van der Waals surface area contributed by atoms with E-state index in [4.69, 9.17) is 11.6 Å². The lowest BCUT2D eigenvalue weighted by atomic mass is 9.98. The van der Waals surface area contributed by atoms with E-state index in [2.05, 4.69) is 10.5 Å². The van der Waals surface area contributed by atoms with Gasteiger partial charge in [0.25, 0.3) is 5.70 Å². The Labute approximate surface area is 147 Å². The first-order valence-electron chi connectivity index (χ1n) is 7.35. The third-order valence-electron chi connectivity index (χ3n) is 4.11. The molecule has 9 heteroatoms. The van der Waals surface area contributed by atoms with Crippen LogP contribution in [0.2, 0.25) is 5.15 Å². The lowest BCUT2D eigenvalue weighted by Gasteiger charge is -2.28. The number of rotatable bonds is 2. The normalized spacial score (nSPS) is 16.2. The lowest BCUT2D eigenvalue weighted by Crippen LogP contribution is -2.43. The van der Waals surface area contributed by atoms with Gasteiger partial charge in [-0.2, -0.15) is 0 Å². The maximum absolute atomic E-state index is 11.6. The van der Waals surface area contributed by atoms with Crippen LogP contribution in [0.3, 0.4) is 0 Å². The summed E-state index contributed by atoms with van der Waals surface area (Å²) in [6.07, 6.45) is 1.49. The molecule has 0 saturated heterocycles. The number of aliphatic hydroxyl groups excluding tert-OH is 1. The van der Waals surface area contributed by atoms with Crippen molar-refractivity contribution in [2.24, 2.45) is 0 Å². The minimum Gasteiger partial charge on any atom is -0.492 e. The number of pyridine rings is 1. The molecule has 8 nitrogen and oxygen atoms in total. The number of halogens is 1. The maximum atomic E-state index is 11.6. The summed E-state index contributed by atoms with van der Waals surface area (Å²) in [5, 5.41) is 25.6. The molecule has 2 aliphatic heterocycles. The highest BCUT2D eigenvalue weighted by Gasteiger charge is 2.41. The molecule has 0 saturated carbocycles. The van der Waals surface area contributed by atoms with Crippen LogP contribution in [0.4, 0.5) is 11.4 Å². The number of para-hydroxylation sites is 1. The number of hydrogen-bond acceptors (Lipinski definition) is 7. The summed E-state index contributed by atoms with van der Waals surface area (Å²) < 4.78 is 0. The average molecular weight is 358 g/mol. The first kappa shape index (κ1) is 15.4. The SMILES string of the molecule is CC1=C([N+](=O)[O-])c2ccccc2N2NN(c3ccc(Cl)nc3)C(O)=C12. The Morgan fingerprint density at radius 3 is 2.68 bits per heavy atom. The summed E-state index contributed by atoms with van der Waals surface area (Å²) in [6.45, 7) is 1.61. The third kappa shape index (κ3) is 2.23. The van der Waals surface area contributed by atoms with Crippen molar-refractivity contribution in [3.8, 4) is 0 Å². The molecule has 25 heavy (non-hydrogen) atoms. The topological polar surface area (TPSA) is 94.8 Å². The highest BCUT2D eigenvalue weighted by molar-refractivity contribution is 6.29. The van der Waals surface area contributed by atoms with Crippen LogP contribution in [0.1, 0.15) is 12.5 Å². The fourth-order valence-corrected chi connectivity index (χ4v) is 3.12. The van der Waals surface area contributed by atoms with Crippen molar-refractivity contribution in [1.82, 2.24) is 10.5 Å². The summed E-state index contributed by atoms with van der Waals surface area (Å²) in [5.41, 5.74) is 5.26. The zero-order valence-corrected chi connectivity index (χ0v) is 13.7. The summed E-state index contributed by atoms with van der Waals surface area (Å²) in [5.74, 6) is -0.157. The van der Waals surface area contributed by atoms with Gasteiger partial charge in [0, 0.05) is 0 Å². The molecule has 0 unspecified atom stereocenters. The molecular weight excluding hydrogens is 346 g/mol. The van der Waals surface area contributed by atoms with Gasteiger partial charge in [-0.1, -0.05) is 23.7 Å². The van der Waals surface area contributed by atoms with Crippen molar-refractivity contribution < 1.29 is 10.0 Å². The molecule has 0 radical (unpaired) electrons. The van der Waals surface area contributed by atoms with Crippen molar-refractivity contribution in [2.45, 2.75) is 6.92 Å². The molecule has 126 valence electrons. The number of nitrogens with zero attached hydrogens (tertiary/aromatic N) is 4. The van der Waals surface area contributed by atoms with Gasteiger partial charge in [-0.05, 0) is 31.2 Å². The summed E-state index contributed by atoms with van der Waals surface area (Å²) in [4.78, 5) is 15.1. The van der Waals surface area contributed by atoms with Crippen LogP contribution in [0.5, 0.6) is 0 Å². The van der Waals surface area contributed by atoms with Gasteiger partial charge in [-0.3, -0.25) is 15.1 Å². The number of aliphatic hydroxyl groups is 1. The van der Waals surface area contributed by atoms with Gasteiger partial charge in [0.2, 0.25) is 5.88 Å². The number of nitro groups is 1. The van der Waals surface area contributed by atoms with Crippen LogP contribution in [0.25, 0.3) is 5.70 Å². The standard InChI is InChI=1S/C16H12ClN5O3/c1-9-14(22(24)25)11-4-2-3-5-12(11)21-15(9)16(23)20(19-21)10-6-7-13(17)18-8-10/h2-8,19,23H,1H3. The Morgan fingerprint density at radius 2 is 2.00 bits per heavy atom. The van der Waals surface area contributed by atoms with Crippen molar-refractivity contribution in [3.05, 3.63) is 80.6 Å². The second-order valence-electron chi connectivity index (χ2n) is 5.53. The Balaban J connectivity index is 1.90. The molecule has 1 aromatic heterocycles. The smallest absolute Gasteiger partial charge is 0.283 e. The van der Waals surface area contributed by atoms with Gasteiger partial charge in [0.15, 0.2) is 0 Å². The molecule has 0 atom stereocenters. The lowest BCUT2D eigenvalue weighted by molar-refractivity contribution is -0.376. The van der Waals surface area contributed by atoms with Crippen LogP contribution >= 0.6 is 11.6 Å². The summed E-state index contributed by atoms with van der Waals surface area (Å²) in [6, 6.07) is 10.2. The van der Waals surface area contributed by atoms with Crippen LogP contribution in [-0.2, 0) is 0 Å². The van der Waals surface area contributed by atoms with E-state index < -0.39 is 4.92 Å². The number of aromatic nitrogens is 1. The highest BCUT2D eigenvalue weighted by atomic mass is 35.5. The molecule has 0 spiro atoms. The largest absolute Gasteiger partial charge is 0.492 e. The number of benzene rings is 1. The van der Waals surface area contributed by atoms with Gasteiger partial charge in [-0.25, -0.2) is 9.99 Å². The fraction of sp³-hybridized carbons (Fsp3) is 0.0625. The average Bonchev–Trinajstić information content (AvgIpc) is 2.94. The summed E-state index contributed by atoms with van der Waals surface area (Å²) >= 11 is 5.80. The number of hydrazine groups is 2. The fourth-order valence-electron chi connectivity index (χ4n) is 3.01. The monoisotopic (exact) mass is 357 g/mol. The van der Waals surface area contributed by atoms with Gasteiger partial charge in [0.05, 0.1) is 33.6 Å². The minimum atomic E-state index is -0.432. The molecule has 4 rings (SSSR count). The van der Waals surface area contributed by atoms with Crippen molar-refractivity contribution >= 4 is 28.7 Å². The number of anilines is 2. The van der Waals surface area contributed by atoms with Gasteiger partial charge < -0.3 is 5.11 Å². The molecule has 2 aliphatic rings. The van der Waals surface area contributed by atoms with E-state index in [1.54, 1.807) is 48.3 Å². The number of allylic oxidation sites excluding steroid dienone is 1. The highest BCUT2D eigenvalue weighted by Crippen LogP contribution is 2.43. The second-order valence-corrected chi connectivity index (χ2v) is 5.92. The van der Waals surface area contributed by atoms with E-state index in [1.165, 1.54) is 11.2 Å². The molecule has 2 N–H and O–H groups in total. The van der Waals surface area contributed by atoms with E-state index in [9.17, 15) is 15.2 Å². The van der Waals surface area contributed by atoms with Gasteiger partial charge in [-0.15, -0.1) is 5.53 Å². The molecule has 1 aromatic carbocycles. The first-order valence-corrected chi connectivity index (χ1v) is 7.73. The molecule has 3 heterocycles. The minimum absolute atomic E-state index is 0.0359. The zero-order chi connectivity index (χ0) is 17.7. The summed E-state index contributed by atoms with van der Waals surface area (Å²) in [7, 11) is 0. The third-order valence-corrected chi connectivity index (χ3v) is 4.33. The number of nitrogens with one attached hydrogen (secondary N) is 1. The van der Waals surface area contributed by atoms with Crippen molar-refractivity contribution in [2.75, 3.05) is 10.0 Å². The van der Waals surface area contributed by atoms with Crippen LogP contribution in [0.15, 0.2) is 59.7 Å². The predicted octanol–water partition coefficient (Wildman–Crippen LogP) is 3.23. The molecule has 0 amide bonds. The van der Waals surface area contributed by atoms with Crippen molar-refractivity contribution in [3.63, 3.8) is 0 Å². The molecule has 0 aliphatic carbocycles. The first-order chi connectivity index (χ1) is 12.0. The zero-order valence-electron chi connectivity index (χ0n) is 13.0. The number of hydrogen-bond donors (Lipinski definition) is 2. The Kier molecular flexibility index (Phi) is 3.38. The molecule has 2 aromatic rings.